The molecule has 0 aliphatic carbocycles. The Morgan fingerprint density at radius 1 is 0.462 bits per heavy atom. The van der Waals surface area contributed by atoms with Gasteiger partial charge in [-0.25, -0.2) is 0 Å². The van der Waals surface area contributed by atoms with E-state index in [4.69, 9.17) is 15.1 Å². The van der Waals surface area contributed by atoms with E-state index in [1.54, 1.807) is 0 Å². The van der Waals surface area contributed by atoms with E-state index < -0.39 is 7.32 Å². The van der Waals surface area contributed by atoms with Crippen LogP contribution in [0.25, 0.3) is 0 Å². The van der Waals surface area contributed by atoms with Crippen molar-refractivity contribution in [1.29, 1.82) is 0 Å². The van der Waals surface area contributed by atoms with Gasteiger partial charge in [0.25, 0.3) is 0 Å². The summed E-state index contributed by atoms with van der Waals surface area (Å²) in [5.41, 5.74) is 0. The average Bonchev–Trinajstić information content (AvgIpc) is 0.811. The first-order chi connectivity index (χ1) is 1.73. The number of hydrogen-bond donors (Lipinski definition) is 3. The van der Waals surface area contributed by atoms with Crippen molar-refractivity contribution in [3.63, 3.8) is 0 Å². The fourth-order valence-electron chi connectivity index (χ4n) is 0. The molecule has 0 fully saturated rings. The summed E-state index contributed by atoms with van der Waals surface area (Å²) in [5, 5.41) is 21.5. The molecule has 0 aliphatic heterocycles. The molecule has 5 nitrogen and oxygen atoms in total. The van der Waals surface area contributed by atoms with Crippen LogP contribution >= 0.6 is 0 Å². The van der Waals surface area contributed by atoms with Crippen molar-refractivity contribution in [3.8, 4) is 0 Å². The van der Waals surface area contributed by atoms with Crippen molar-refractivity contribution in [3.05, 3.63) is 0 Å². The summed E-state index contributed by atoms with van der Waals surface area (Å²) in [4.78, 5) is 0. The molecule has 0 aromatic heterocycles. The molecule has 0 radical (unpaired) electrons. The Balaban J connectivity index is -0.00000000125. The first-order valence-electron chi connectivity index (χ1n) is 0.775. The number of rotatable bonds is 0. The van der Waals surface area contributed by atoms with E-state index in [-0.39, 0.29) is 143 Å². The predicted molar refractivity (Wildman–Crippen MR) is 13.8 cm³/mol. The molecule has 0 heterocycles. The molecule has 0 amide bonds. The number of hydrogen-bond acceptors (Lipinski definition) is 3. The van der Waals surface area contributed by atoms with E-state index in [2.05, 4.69) is 0 Å². The molecular formula is H3BLi7O5+3. The standard InChI is InChI=1S/BH3O3.7Li.2O/c2-1(3)4;;;;;;;;;/h2-4H;;;;;;;;;/q;7*+1;2*-2. The van der Waals surface area contributed by atoms with Crippen LogP contribution in [0.1, 0.15) is 0 Å². The van der Waals surface area contributed by atoms with Crippen LogP contribution in [0.15, 0.2) is 0 Å². The molecule has 13 heteroatoms. The van der Waals surface area contributed by atoms with Crippen molar-refractivity contribution in [2.75, 3.05) is 0 Å². The Morgan fingerprint density at radius 2 is 0.462 bits per heavy atom. The zero-order valence-corrected chi connectivity index (χ0v) is 9.74. The first-order valence-corrected chi connectivity index (χ1v) is 0.775. The topological polar surface area (TPSA) is 118 Å². The Kier molecular flexibility index (Phi) is 497. The summed E-state index contributed by atoms with van der Waals surface area (Å²) in [6.07, 6.45) is 0. The van der Waals surface area contributed by atoms with Gasteiger partial charge in [0.2, 0.25) is 0 Å². The molecule has 40 valence electrons. The van der Waals surface area contributed by atoms with E-state index >= 15 is 0 Å². The molecule has 3 N–H and O–H groups in total. The second-order valence-corrected chi connectivity index (χ2v) is 0.346. The van der Waals surface area contributed by atoms with Gasteiger partial charge in [-0.15, -0.1) is 0 Å². The largest absolute Gasteiger partial charge is 2.00 e. The average molecular weight is 142 g/mol. The second kappa shape index (κ2) is 73.2. The van der Waals surface area contributed by atoms with Crippen molar-refractivity contribution >= 4 is 7.32 Å². The van der Waals surface area contributed by atoms with Crippen molar-refractivity contribution < 1.29 is 158 Å². The van der Waals surface area contributed by atoms with Gasteiger partial charge in [-0.1, -0.05) is 0 Å². The Bertz CT molecular complexity index is 21.6. The van der Waals surface area contributed by atoms with Gasteiger partial charge < -0.3 is 26.0 Å². The molecule has 0 aromatic carbocycles. The van der Waals surface area contributed by atoms with E-state index in [0.717, 1.165) is 0 Å². The third-order valence-corrected chi connectivity index (χ3v) is 0. The molecule has 0 saturated carbocycles. The van der Waals surface area contributed by atoms with Crippen LogP contribution in [0.2, 0.25) is 0 Å². The smallest absolute Gasteiger partial charge is 1.00 e. The van der Waals surface area contributed by atoms with Gasteiger partial charge in [0, 0.05) is 0 Å². The summed E-state index contributed by atoms with van der Waals surface area (Å²) >= 11 is 0. The third kappa shape index (κ3) is 193. The minimum atomic E-state index is -2.17. The van der Waals surface area contributed by atoms with E-state index in [1.165, 1.54) is 0 Å². The van der Waals surface area contributed by atoms with Crippen molar-refractivity contribution in [1.82, 2.24) is 0 Å². The van der Waals surface area contributed by atoms with E-state index in [0.29, 0.717) is 0 Å². The predicted octanol–water partition coefficient (Wildman–Crippen LogP) is -23.3. The molecule has 0 spiro atoms. The maximum absolute atomic E-state index is 7.17. The first kappa shape index (κ1) is 88.4. The van der Waals surface area contributed by atoms with Crippen LogP contribution in [0.4, 0.5) is 0 Å². The second-order valence-electron chi connectivity index (χ2n) is 0.346. The minimum Gasteiger partial charge on any atom is -2.00 e. The SMILES string of the molecule is OB(O)O.[Li+].[Li+].[Li+].[Li+].[Li+].[Li+].[Li+].[O-2].[O-2]. The van der Waals surface area contributed by atoms with Gasteiger partial charge >= 0.3 is 139 Å². The van der Waals surface area contributed by atoms with Crippen LogP contribution in [0.5, 0.6) is 0 Å². The molecular weight excluding hydrogens is 139 g/mol. The maximum atomic E-state index is 7.17. The zero-order chi connectivity index (χ0) is 3.58. The van der Waals surface area contributed by atoms with Crippen LogP contribution in [-0.4, -0.2) is 22.4 Å². The van der Waals surface area contributed by atoms with E-state index in [9.17, 15) is 0 Å². The Labute approximate surface area is 163 Å². The van der Waals surface area contributed by atoms with Gasteiger partial charge in [-0.3, -0.25) is 0 Å². The summed E-state index contributed by atoms with van der Waals surface area (Å²) in [6.45, 7) is 0. The molecule has 0 aromatic rings. The van der Waals surface area contributed by atoms with Crippen LogP contribution < -0.4 is 132 Å². The van der Waals surface area contributed by atoms with Gasteiger partial charge in [0.05, 0.1) is 0 Å². The summed E-state index contributed by atoms with van der Waals surface area (Å²) in [7, 11) is -2.17. The van der Waals surface area contributed by atoms with Gasteiger partial charge in [0.15, 0.2) is 0 Å². The summed E-state index contributed by atoms with van der Waals surface area (Å²) < 4.78 is 0. The minimum absolute atomic E-state index is 0. The normalized spacial score (nSPS) is 2.08. The van der Waals surface area contributed by atoms with Crippen LogP contribution in [0.3, 0.4) is 0 Å². The Morgan fingerprint density at radius 3 is 0.462 bits per heavy atom. The van der Waals surface area contributed by atoms with Crippen molar-refractivity contribution in [2.24, 2.45) is 0 Å². The van der Waals surface area contributed by atoms with E-state index in [1.807, 2.05) is 0 Å². The molecule has 0 saturated heterocycles. The Hall–Kier alpha value is 4.05. The molecule has 0 atom stereocenters. The molecule has 13 heavy (non-hydrogen) atoms. The fraction of sp³-hybridized carbons (Fsp3) is 0. The zero-order valence-electron chi connectivity index (χ0n) is 9.74. The summed E-state index contributed by atoms with van der Waals surface area (Å²) in [6, 6.07) is 0. The molecule has 0 bridgehead atoms. The van der Waals surface area contributed by atoms with Gasteiger partial charge in [-0.05, 0) is 0 Å². The van der Waals surface area contributed by atoms with Gasteiger partial charge in [-0.2, -0.15) is 0 Å². The van der Waals surface area contributed by atoms with Crippen LogP contribution in [-0.2, 0) is 11.0 Å². The van der Waals surface area contributed by atoms with Crippen LogP contribution in [0, 0.1) is 0 Å². The molecule has 0 unspecified atom stereocenters. The summed E-state index contributed by atoms with van der Waals surface area (Å²) in [5.74, 6) is 0. The quantitative estimate of drug-likeness (QED) is 0.291. The maximum Gasteiger partial charge on any atom is 1.00 e. The molecule has 0 rings (SSSR count). The third-order valence-electron chi connectivity index (χ3n) is 0. The van der Waals surface area contributed by atoms with Gasteiger partial charge in [0.1, 0.15) is 0 Å². The van der Waals surface area contributed by atoms with Crippen molar-refractivity contribution in [2.45, 2.75) is 0 Å². The molecule has 0 aliphatic rings. The fourth-order valence-corrected chi connectivity index (χ4v) is 0. The monoisotopic (exact) mass is 143 g/mol.